The maximum absolute atomic E-state index is 2.37. The Morgan fingerprint density at radius 1 is 0.789 bits per heavy atom. The van der Waals surface area contributed by atoms with E-state index in [9.17, 15) is 0 Å². The minimum absolute atomic E-state index is 0. The number of fused-ring (bicyclic) bond motifs is 2. The minimum atomic E-state index is 0. The fraction of sp³-hybridized carbons (Fsp3) is 0.444. The molecule has 0 spiro atoms. The first-order chi connectivity index (χ1) is 8.93. The van der Waals surface area contributed by atoms with Crippen molar-refractivity contribution in [1.29, 1.82) is 0 Å². The number of hydrogen-bond donors (Lipinski definition) is 0. The van der Waals surface area contributed by atoms with Crippen LogP contribution in [0.2, 0.25) is 0 Å². The Hall–Kier alpha value is -0.677. The average molecular weight is 339 g/mol. The van der Waals surface area contributed by atoms with E-state index in [-0.39, 0.29) is 19.5 Å². The number of hydrogen-bond acceptors (Lipinski definition) is 0. The van der Waals surface area contributed by atoms with Gasteiger partial charge in [-0.3, -0.25) is 0 Å². The Bertz CT molecular complexity index is 371. The Morgan fingerprint density at radius 2 is 1.26 bits per heavy atom. The molecule has 19 heavy (non-hydrogen) atoms. The maximum atomic E-state index is 2.37. The summed E-state index contributed by atoms with van der Waals surface area (Å²) in [6.07, 6.45) is 26.1. The molecule has 102 valence electrons. The topological polar surface area (TPSA) is 0 Å². The second-order valence-electron chi connectivity index (χ2n) is 5.62. The van der Waals surface area contributed by atoms with E-state index in [1.807, 2.05) is 0 Å². The molecule has 2 fully saturated rings. The van der Waals surface area contributed by atoms with Gasteiger partial charge in [0.05, 0.1) is 0 Å². The van der Waals surface area contributed by atoms with Gasteiger partial charge in [-0.05, 0) is 24.7 Å². The van der Waals surface area contributed by atoms with Crippen molar-refractivity contribution in [3.63, 3.8) is 0 Å². The van der Waals surface area contributed by atoms with Crippen LogP contribution in [-0.4, -0.2) is 0 Å². The van der Waals surface area contributed by atoms with E-state index in [2.05, 4.69) is 49.3 Å². The molecule has 4 aliphatic carbocycles. The van der Waals surface area contributed by atoms with Gasteiger partial charge in [0.1, 0.15) is 0 Å². The zero-order chi connectivity index (χ0) is 12.2. The maximum Gasteiger partial charge on any atom is 2.00 e. The van der Waals surface area contributed by atoms with Crippen LogP contribution in [0, 0.1) is 24.7 Å². The van der Waals surface area contributed by atoms with Crippen LogP contribution in [0.15, 0.2) is 47.6 Å². The van der Waals surface area contributed by atoms with Gasteiger partial charge in [-0.15, -0.1) is 37.1 Å². The van der Waals surface area contributed by atoms with E-state index < -0.39 is 0 Å². The summed E-state index contributed by atoms with van der Waals surface area (Å²) in [4.78, 5) is 0. The van der Waals surface area contributed by atoms with Crippen LogP contribution in [0.5, 0.6) is 0 Å². The van der Waals surface area contributed by atoms with Gasteiger partial charge in [0.2, 0.25) is 0 Å². The quantitative estimate of drug-likeness (QED) is 0.432. The summed E-state index contributed by atoms with van der Waals surface area (Å²) in [6, 6.07) is 0. The molecule has 2 saturated carbocycles. The number of rotatable bonds is 0. The van der Waals surface area contributed by atoms with Crippen molar-refractivity contribution in [2.45, 2.75) is 38.5 Å². The van der Waals surface area contributed by atoms with E-state index in [1.54, 1.807) is 11.1 Å². The first-order valence-corrected chi connectivity index (χ1v) is 7.33. The van der Waals surface area contributed by atoms with Gasteiger partial charge in [-0.2, -0.15) is 0 Å². The summed E-state index contributed by atoms with van der Waals surface area (Å²) in [5, 5.41) is 0. The second kappa shape index (κ2) is 7.20. The van der Waals surface area contributed by atoms with E-state index in [4.69, 9.17) is 0 Å². The van der Waals surface area contributed by atoms with Crippen LogP contribution in [0.1, 0.15) is 38.5 Å². The molecular weight excluding hydrogens is 317 g/mol. The Labute approximate surface area is 130 Å². The molecule has 0 saturated heterocycles. The predicted octanol–water partition coefficient (Wildman–Crippen LogP) is 4.97. The fourth-order valence-corrected chi connectivity index (χ4v) is 3.33. The van der Waals surface area contributed by atoms with Gasteiger partial charge >= 0.3 is 19.5 Å². The monoisotopic (exact) mass is 340 g/mol. The van der Waals surface area contributed by atoms with Gasteiger partial charge in [-0.1, -0.05) is 12.8 Å². The summed E-state index contributed by atoms with van der Waals surface area (Å²) in [5.74, 6) is 1.77. The third kappa shape index (κ3) is 3.66. The van der Waals surface area contributed by atoms with Crippen LogP contribution in [-0.2, 0) is 19.5 Å². The SMILES string of the molecule is C1=CCC2CC[CH-]C2=C1.C1=CCC2CC[CH-]C2=C1.[Ru+2]. The molecule has 0 amide bonds. The van der Waals surface area contributed by atoms with Crippen LogP contribution in [0.4, 0.5) is 0 Å². The fourth-order valence-electron chi connectivity index (χ4n) is 3.33. The third-order valence-electron chi connectivity index (χ3n) is 4.42. The average Bonchev–Trinajstić information content (AvgIpc) is 3.08. The summed E-state index contributed by atoms with van der Waals surface area (Å²) >= 11 is 0. The number of allylic oxidation sites excluding steroid dienone is 8. The van der Waals surface area contributed by atoms with Crippen molar-refractivity contribution in [2.75, 3.05) is 0 Å². The van der Waals surface area contributed by atoms with Gasteiger partial charge in [0, 0.05) is 0 Å². The van der Waals surface area contributed by atoms with Crippen molar-refractivity contribution in [2.24, 2.45) is 11.8 Å². The van der Waals surface area contributed by atoms with Gasteiger partial charge in [0.15, 0.2) is 0 Å². The molecule has 2 unspecified atom stereocenters. The van der Waals surface area contributed by atoms with Crippen molar-refractivity contribution in [1.82, 2.24) is 0 Å². The predicted molar refractivity (Wildman–Crippen MR) is 77.7 cm³/mol. The molecule has 0 aromatic carbocycles. The second-order valence-corrected chi connectivity index (χ2v) is 5.62. The van der Waals surface area contributed by atoms with Crippen LogP contribution in [0.3, 0.4) is 0 Å². The van der Waals surface area contributed by atoms with Crippen LogP contribution in [0.25, 0.3) is 0 Å². The Morgan fingerprint density at radius 3 is 1.68 bits per heavy atom. The molecule has 0 N–H and O–H groups in total. The standard InChI is InChI=1S/2C9H11.Ru/c2*1-2-5-9-7-3-6-8(9)4-1;/h2*1-2,4,6,9H,3,5,7H2;/q2*-1;+2. The third-order valence-corrected chi connectivity index (χ3v) is 4.42. The van der Waals surface area contributed by atoms with Crippen LogP contribution < -0.4 is 0 Å². The summed E-state index contributed by atoms with van der Waals surface area (Å²) in [5.41, 5.74) is 3.16. The first kappa shape index (κ1) is 14.7. The molecule has 0 aliphatic heterocycles. The van der Waals surface area contributed by atoms with E-state index in [1.165, 1.54) is 38.5 Å². The molecule has 0 bridgehead atoms. The molecular formula is C18H22Ru. The molecule has 0 aromatic rings. The van der Waals surface area contributed by atoms with Crippen molar-refractivity contribution < 1.29 is 19.5 Å². The largest absolute Gasteiger partial charge is 2.00 e. The normalized spacial score (nSPS) is 29.5. The minimum Gasteiger partial charge on any atom is -0.227 e. The molecule has 0 aromatic heterocycles. The van der Waals surface area contributed by atoms with Gasteiger partial charge < -0.3 is 0 Å². The molecule has 1 heteroatoms. The molecule has 4 aliphatic rings. The van der Waals surface area contributed by atoms with E-state index in [0.717, 1.165) is 11.8 Å². The zero-order valence-electron chi connectivity index (χ0n) is 11.4. The first-order valence-electron chi connectivity index (χ1n) is 7.33. The molecule has 2 atom stereocenters. The Kier molecular flexibility index (Phi) is 5.58. The van der Waals surface area contributed by atoms with E-state index >= 15 is 0 Å². The Balaban J connectivity index is 0.000000133. The van der Waals surface area contributed by atoms with Crippen molar-refractivity contribution in [3.05, 3.63) is 60.4 Å². The zero-order valence-corrected chi connectivity index (χ0v) is 13.1. The van der Waals surface area contributed by atoms with Gasteiger partial charge in [-0.25, -0.2) is 36.1 Å². The molecule has 0 radical (unpaired) electrons. The molecule has 0 nitrogen and oxygen atoms in total. The van der Waals surface area contributed by atoms with E-state index in [0.29, 0.717) is 0 Å². The van der Waals surface area contributed by atoms with Crippen molar-refractivity contribution in [3.8, 4) is 0 Å². The summed E-state index contributed by atoms with van der Waals surface area (Å²) in [6.45, 7) is 0. The van der Waals surface area contributed by atoms with Crippen molar-refractivity contribution >= 4 is 0 Å². The smallest absolute Gasteiger partial charge is 0.227 e. The van der Waals surface area contributed by atoms with Gasteiger partial charge in [0.25, 0.3) is 0 Å². The summed E-state index contributed by atoms with van der Waals surface area (Å²) < 4.78 is 0. The van der Waals surface area contributed by atoms with Crippen LogP contribution >= 0.6 is 0 Å². The molecule has 0 heterocycles. The summed E-state index contributed by atoms with van der Waals surface area (Å²) in [7, 11) is 0. The molecule has 4 rings (SSSR count).